The molecule has 0 aliphatic carbocycles. The first-order valence-corrected chi connectivity index (χ1v) is 8.77. The largest absolute Gasteiger partial charge is 0.334 e. The minimum absolute atomic E-state index is 0.868. The van der Waals surface area contributed by atoms with Gasteiger partial charge in [0, 0.05) is 30.7 Å². The molecule has 3 heterocycles. The minimum atomic E-state index is 0.868. The van der Waals surface area contributed by atoms with Crippen LogP contribution in [-0.2, 0) is 13.6 Å². The number of rotatable bonds is 3. The second-order valence-electron chi connectivity index (χ2n) is 7.09. The summed E-state index contributed by atoms with van der Waals surface area (Å²) in [5, 5.41) is 2.45. The van der Waals surface area contributed by atoms with Crippen LogP contribution in [0.2, 0.25) is 0 Å². The van der Waals surface area contributed by atoms with Gasteiger partial charge in [0.15, 0.2) is 0 Å². The van der Waals surface area contributed by atoms with Crippen molar-refractivity contribution >= 4 is 10.8 Å². The van der Waals surface area contributed by atoms with E-state index in [-0.39, 0.29) is 0 Å². The average molecular weight is 320 g/mol. The Morgan fingerprint density at radius 2 is 1.92 bits per heavy atom. The maximum absolute atomic E-state index is 4.67. The van der Waals surface area contributed by atoms with Crippen LogP contribution in [0, 0.1) is 5.92 Å². The fourth-order valence-corrected chi connectivity index (χ4v) is 3.52. The highest BCUT2D eigenvalue weighted by atomic mass is 15.1. The van der Waals surface area contributed by atoms with Crippen molar-refractivity contribution in [1.29, 1.82) is 0 Å². The lowest BCUT2D eigenvalue weighted by Gasteiger charge is -2.29. The molecule has 0 radical (unpaired) electrons. The van der Waals surface area contributed by atoms with E-state index >= 15 is 0 Å². The molecule has 0 unspecified atom stereocenters. The minimum Gasteiger partial charge on any atom is -0.334 e. The molecule has 0 atom stereocenters. The van der Waals surface area contributed by atoms with Crippen LogP contribution < -0.4 is 0 Å². The van der Waals surface area contributed by atoms with Gasteiger partial charge in [0.25, 0.3) is 0 Å². The Morgan fingerprint density at radius 1 is 1.08 bits per heavy atom. The molecule has 0 bridgehead atoms. The molecule has 3 aromatic rings. The summed E-state index contributed by atoms with van der Waals surface area (Å²) >= 11 is 0. The molecular weight excluding hydrogens is 296 g/mol. The van der Waals surface area contributed by atoms with Gasteiger partial charge >= 0.3 is 0 Å². The van der Waals surface area contributed by atoms with E-state index in [1.807, 2.05) is 25.8 Å². The van der Waals surface area contributed by atoms with Crippen molar-refractivity contribution in [3.05, 3.63) is 48.7 Å². The zero-order chi connectivity index (χ0) is 16.5. The molecule has 24 heavy (non-hydrogen) atoms. The predicted octanol–water partition coefficient (Wildman–Crippen LogP) is 3.87. The van der Waals surface area contributed by atoms with Gasteiger partial charge in [-0.3, -0.25) is 9.88 Å². The lowest BCUT2D eigenvalue weighted by molar-refractivity contribution is 0.183. The van der Waals surface area contributed by atoms with E-state index in [1.165, 1.54) is 48.0 Å². The molecule has 1 fully saturated rings. The second kappa shape index (κ2) is 6.36. The van der Waals surface area contributed by atoms with Gasteiger partial charge in [-0.2, -0.15) is 0 Å². The molecule has 4 heteroatoms. The standard InChI is InChI=1S/C20H24N4/c1-15-5-7-24(8-6-15)13-19-10-18-9-16(3-4-17(18)11-22-19)20-12-21-14-23(20)2/h3-4,9-12,14-15H,5-8,13H2,1-2H3. The molecule has 2 aromatic heterocycles. The third-order valence-electron chi connectivity index (χ3n) is 5.15. The summed E-state index contributed by atoms with van der Waals surface area (Å²) < 4.78 is 2.05. The zero-order valence-corrected chi connectivity index (χ0v) is 14.4. The maximum atomic E-state index is 4.67. The van der Waals surface area contributed by atoms with Crippen molar-refractivity contribution in [2.24, 2.45) is 13.0 Å². The molecule has 1 aliphatic rings. The van der Waals surface area contributed by atoms with Gasteiger partial charge in [0.05, 0.1) is 23.9 Å². The number of fused-ring (bicyclic) bond motifs is 1. The van der Waals surface area contributed by atoms with E-state index in [4.69, 9.17) is 0 Å². The Bertz CT molecular complexity index is 844. The van der Waals surface area contributed by atoms with Gasteiger partial charge in [-0.25, -0.2) is 4.98 Å². The number of piperidine rings is 1. The van der Waals surface area contributed by atoms with Gasteiger partial charge in [-0.1, -0.05) is 19.1 Å². The summed E-state index contributed by atoms with van der Waals surface area (Å²) in [6.45, 7) is 5.69. The Labute approximate surface area is 143 Å². The third kappa shape index (κ3) is 3.06. The van der Waals surface area contributed by atoms with Crippen LogP contribution in [0.1, 0.15) is 25.5 Å². The van der Waals surface area contributed by atoms with Crippen LogP contribution in [0.15, 0.2) is 43.0 Å². The van der Waals surface area contributed by atoms with Crippen molar-refractivity contribution in [2.45, 2.75) is 26.3 Å². The molecule has 0 spiro atoms. The van der Waals surface area contributed by atoms with Crippen molar-refractivity contribution in [2.75, 3.05) is 13.1 Å². The van der Waals surface area contributed by atoms with Crippen LogP contribution in [-0.4, -0.2) is 32.5 Å². The Morgan fingerprint density at radius 3 is 2.67 bits per heavy atom. The number of imidazole rings is 1. The van der Waals surface area contributed by atoms with Crippen molar-refractivity contribution in [3.8, 4) is 11.3 Å². The molecule has 1 aliphatic heterocycles. The number of nitrogens with zero attached hydrogens (tertiary/aromatic N) is 4. The summed E-state index contributed by atoms with van der Waals surface area (Å²) in [6, 6.07) is 8.78. The van der Waals surface area contributed by atoms with E-state index in [0.717, 1.165) is 18.2 Å². The first kappa shape index (κ1) is 15.3. The van der Waals surface area contributed by atoms with E-state index in [0.29, 0.717) is 0 Å². The zero-order valence-electron chi connectivity index (χ0n) is 14.4. The van der Waals surface area contributed by atoms with E-state index < -0.39 is 0 Å². The molecule has 0 amide bonds. The first-order chi connectivity index (χ1) is 11.7. The van der Waals surface area contributed by atoms with E-state index in [2.05, 4.69) is 50.6 Å². The Kier molecular flexibility index (Phi) is 4.07. The molecular formula is C20H24N4. The van der Waals surface area contributed by atoms with Crippen LogP contribution >= 0.6 is 0 Å². The smallest absolute Gasteiger partial charge is 0.0948 e. The topological polar surface area (TPSA) is 34.0 Å². The highest BCUT2D eigenvalue weighted by molar-refractivity contribution is 5.86. The van der Waals surface area contributed by atoms with Crippen molar-refractivity contribution in [1.82, 2.24) is 19.4 Å². The van der Waals surface area contributed by atoms with Crippen molar-refractivity contribution < 1.29 is 0 Å². The molecule has 4 nitrogen and oxygen atoms in total. The maximum Gasteiger partial charge on any atom is 0.0948 e. The molecule has 124 valence electrons. The normalized spacial score (nSPS) is 16.8. The number of benzene rings is 1. The van der Waals surface area contributed by atoms with Gasteiger partial charge in [-0.15, -0.1) is 0 Å². The quantitative estimate of drug-likeness (QED) is 0.735. The van der Waals surface area contributed by atoms with Gasteiger partial charge in [0.2, 0.25) is 0 Å². The van der Waals surface area contributed by atoms with E-state index in [1.54, 1.807) is 0 Å². The number of hydrogen-bond acceptors (Lipinski definition) is 3. The number of pyridine rings is 1. The monoisotopic (exact) mass is 320 g/mol. The summed E-state index contributed by atoms with van der Waals surface area (Å²) in [5.41, 5.74) is 3.51. The molecule has 1 saturated heterocycles. The fourth-order valence-electron chi connectivity index (χ4n) is 3.52. The lowest BCUT2D eigenvalue weighted by Crippen LogP contribution is -2.32. The lowest BCUT2D eigenvalue weighted by atomic mass is 9.99. The number of aromatic nitrogens is 3. The van der Waals surface area contributed by atoms with Crippen LogP contribution in [0.3, 0.4) is 0 Å². The van der Waals surface area contributed by atoms with E-state index in [9.17, 15) is 0 Å². The molecule has 4 rings (SSSR count). The van der Waals surface area contributed by atoms with Gasteiger partial charge in [-0.05, 0) is 49.4 Å². The van der Waals surface area contributed by atoms with Crippen LogP contribution in [0.25, 0.3) is 22.0 Å². The Hall–Kier alpha value is -2.20. The third-order valence-corrected chi connectivity index (χ3v) is 5.15. The van der Waals surface area contributed by atoms with Crippen LogP contribution in [0.5, 0.6) is 0 Å². The first-order valence-electron chi connectivity index (χ1n) is 8.77. The summed E-state index contributed by atoms with van der Waals surface area (Å²) in [7, 11) is 2.03. The van der Waals surface area contributed by atoms with Gasteiger partial charge in [0.1, 0.15) is 0 Å². The molecule has 0 saturated carbocycles. The van der Waals surface area contributed by atoms with Crippen LogP contribution in [0.4, 0.5) is 0 Å². The number of hydrogen-bond donors (Lipinski definition) is 0. The second-order valence-corrected chi connectivity index (χ2v) is 7.09. The molecule has 0 N–H and O–H groups in total. The SMILES string of the molecule is CC1CCN(Cc2cc3cc(-c4cncn4C)ccc3cn2)CC1. The van der Waals surface area contributed by atoms with Crippen molar-refractivity contribution in [3.63, 3.8) is 0 Å². The highest BCUT2D eigenvalue weighted by Gasteiger charge is 2.16. The number of aryl methyl sites for hydroxylation is 1. The number of likely N-dealkylation sites (tertiary alicyclic amines) is 1. The predicted molar refractivity (Wildman–Crippen MR) is 97.6 cm³/mol. The Balaban J connectivity index is 1.60. The fraction of sp³-hybridized carbons (Fsp3) is 0.400. The summed E-state index contributed by atoms with van der Waals surface area (Å²) in [6.07, 6.45) is 8.37. The summed E-state index contributed by atoms with van der Waals surface area (Å²) in [5.74, 6) is 0.868. The average Bonchev–Trinajstić information content (AvgIpc) is 3.02. The van der Waals surface area contributed by atoms with Gasteiger partial charge < -0.3 is 4.57 Å². The molecule has 1 aromatic carbocycles. The summed E-state index contributed by atoms with van der Waals surface area (Å²) in [4.78, 5) is 11.4. The highest BCUT2D eigenvalue weighted by Crippen LogP contribution is 2.25.